The first-order chi connectivity index (χ1) is 14.2. The van der Waals surface area contributed by atoms with Gasteiger partial charge in [-0.25, -0.2) is 13.1 Å². The lowest BCUT2D eigenvalue weighted by Crippen LogP contribution is -2.33. The number of aryl methyl sites for hydroxylation is 1. The summed E-state index contributed by atoms with van der Waals surface area (Å²) in [6.07, 6.45) is 1.56. The monoisotopic (exact) mass is 451 g/mol. The Morgan fingerprint density at radius 3 is 2.53 bits per heavy atom. The Labute approximate surface area is 180 Å². The third kappa shape index (κ3) is 5.50. The molecule has 0 bridgehead atoms. The molecule has 0 unspecified atom stereocenters. The van der Waals surface area contributed by atoms with E-state index in [1.165, 1.54) is 25.3 Å². The minimum absolute atomic E-state index is 0.0884. The number of amides is 2. The predicted molar refractivity (Wildman–Crippen MR) is 113 cm³/mol. The summed E-state index contributed by atoms with van der Waals surface area (Å²) in [5, 5.41) is 5.48. The maximum absolute atomic E-state index is 12.6. The maximum atomic E-state index is 12.6. The van der Waals surface area contributed by atoms with Crippen LogP contribution >= 0.6 is 11.6 Å². The van der Waals surface area contributed by atoms with E-state index < -0.39 is 21.8 Å². The molecule has 1 saturated carbocycles. The van der Waals surface area contributed by atoms with E-state index in [2.05, 4.69) is 15.4 Å². The summed E-state index contributed by atoms with van der Waals surface area (Å²) in [5.41, 5.74) is 1.48. The van der Waals surface area contributed by atoms with Crippen LogP contribution in [0.1, 0.15) is 28.8 Å². The Kier molecular flexibility index (Phi) is 6.64. The van der Waals surface area contributed by atoms with Gasteiger partial charge in [0.05, 0.1) is 24.4 Å². The van der Waals surface area contributed by atoms with Gasteiger partial charge in [-0.2, -0.15) is 0 Å². The third-order valence-electron chi connectivity index (χ3n) is 4.42. The molecule has 1 aliphatic carbocycles. The van der Waals surface area contributed by atoms with Crippen molar-refractivity contribution in [2.24, 2.45) is 0 Å². The zero-order valence-corrected chi connectivity index (χ0v) is 18.1. The lowest BCUT2D eigenvalue weighted by atomic mass is 10.2. The van der Waals surface area contributed by atoms with Crippen molar-refractivity contribution in [3.8, 4) is 5.75 Å². The van der Waals surface area contributed by atoms with Crippen molar-refractivity contribution in [1.29, 1.82) is 0 Å². The number of hydrogen-bond donors (Lipinski definition) is 3. The topological polar surface area (TPSA) is 114 Å². The molecule has 2 aromatic rings. The molecule has 2 aromatic carbocycles. The van der Waals surface area contributed by atoms with Crippen molar-refractivity contribution in [2.45, 2.75) is 30.7 Å². The zero-order valence-electron chi connectivity index (χ0n) is 16.5. The van der Waals surface area contributed by atoms with Gasteiger partial charge in [0, 0.05) is 11.6 Å². The van der Waals surface area contributed by atoms with Crippen molar-refractivity contribution < 1.29 is 22.7 Å². The van der Waals surface area contributed by atoms with Crippen LogP contribution in [0.3, 0.4) is 0 Å². The van der Waals surface area contributed by atoms with Crippen LogP contribution < -0.4 is 20.1 Å². The minimum atomic E-state index is -3.83. The van der Waals surface area contributed by atoms with Crippen molar-refractivity contribution >= 4 is 39.1 Å². The van der Waals surface area contributed by atoms with Crippen LogP contribution in [0.15, 0.2) is 41.3 Å². The number of hydrogen-bond acceptors (Lipinski definition) is 5. The fourth-order valence-corrected chi connectivity index (χ4v) is 4.47. The first kappa shape index (κ1) is 22.1. The van der Waals surface area contributed by atoms with Gasteiger partial charge in [-0.05, 0) is 55.7 Å². The lowest BCUT2D eigenvalue weighted by molar-refractivity contribution is -0.115. The summed E-state index contributed by atoms with van der Waals surface area (Å²) >= 11 is 6.08. The molecule has 8 nitrogen and oxygen atoms in total. The summed E-state index contributed by atoms with van der Waals surface area (Å²) in [4.78, 5) is 24.5. The van der Waals surface area contributed by atoms with Crippen LogP contribution in [0, 0.1) is 6.92 Å². The average molecular weight is 452 g/mol. The molecule has 3 N–H and O–H groups in total. The molecule has 1 fully saturated rings. The normalized spacial score (nSPS) is 13.6. The van der Waals surface area contributed by atoms with Gasteiger partial charge < -0.3 is 15.4 Å². The number of rotatable bonds is 8. The molecule has 0 radical (unpaired) electrons. The second kappa shape index (κ2) is 9.03. The smallest absolute Gasteiger partial charge is 0.251 e. The number of halogens is 1. The second-order valence-corrected chi connectivity index (χ2v) is 9.06. The first-order valence-electron chi connectivity index (χ1n) is 9.24. The molecule has 0 aromatic heterocycles. The molecule has 10 heteroatoms. The fraction of sp³-hybridized carbons (Fsp3) is 0.300. The van der Waals surface area contributed by atoms with E-state index in [-0.39, 0.29) is 28.8 Å². The largest absolute Gasteiger partial charge is 0.495 e. The Morgan fingerprint density at radius 1 is 1.17 bits per heavy atom. The van der Waals surface area contributed by atoms with E-state index in [1.54, 1.807) is 18.2 Å². The van der Waals surface area contributed by atoms with Crippen LogP contribution in [-0.4, -0.2) is 39.9 Å². The number of sulfonamides is 1. The number of benzene rings is 2. The van der Waals surface area contributed by atoms with Crippen LogP contribution in [0.4, 0.5) is 5.69 Å². The fourth-order valence-electron chi connectivity index (χ4n) is 2.69. The van der Waals surface area contributed by atoms with Crippen LogP contribution in [-0.2, 0) is 14.8 Å². The van der Waals surface area contributed by atoms with E-state index in [0.717, 1.165) is 18.4 Å². The highest BCUT2D eigenvalue weighted by Crippen LogP contribution is 2.28. The molecular formula is C20H22ClN3O5S. The van der Waals surface area contributed by atoms with Gasteiger partial charge in [0.25, 0.3) is 5.91 Å². The highest BCUT2D eigenvalue weighted by molar-refractivity contribution is 7.89. The Hall–Kier alpha value is -2.62. The van der Waals surface area contributed by atoms with Gasteiger partial charge >= 0.3 is 0 Å². The van der Waals surface area contributed by atoms with Crippen molar-refractivity contribution in [3.63, 3.8) is 0 Å². The Bertz CT molecular complexity index is 1080. The number of carbonyl (C=O) groups is 2. The Balaban J connectivity index is 1.67. The summed E-state index contributed by atoms with van der Waals surface area (Å²) in [5.74, 6) is -0.928. The van der Waals surface area contributed by atoms with E-state index in [4.69, 9.17) is 16.3 Å². The molecule has 2 amide bonds. The average Bonchev–Trinajstić information content (AvgIpc) is 3.51. The highest BCUT2D eigenvalue weighted by atomic mass is 35.5. The quantitative estimate of drug-likeness (QED) is 0.570. The van der Waals surface area contributed by atoms with Gasteiger partial charge in [-0.15, -0.1) is 0 Å². The molecule has 3 rings (SSSR count). The summed E-state index contributed by atoms with van der Waals surface area (Å²) < 4.78 is 32.8. The molecule has 0 aliphatic heterocycles. The minimum Gasteiger partial charge on any atom is -0.495 e. The number of ether oxygens (including phenoxy) is 1. The maximum Gasteiger partial charge on any atom is 0.251 e. The van der Waals surface area contributed by atoms with Crippen LogP contribution in [0.5, 0.6) is 5.75 Å². The van der Waals surface area contributed by atoms with Crippen molar-refractivity contribution in [1.82, 2.24) is 10.0 Å². The van der Waals surface area contributed by atoms with Crippen LogP contribution in [0.2, 0.25) is 5.02 Å². The van der Waals surface area contributed by atoms with Gasteiger partial charge in [-0.3, -0.25) is 9.59 Å². The van der Waals surface area contributed by atoms with Gasteiger partial charge in [0.15, 0.2) is 0 Å². The first-order valence-corrected chi connectivity index (χ1v) is 11.1. The summed E-state index contributed by atoms with van der Waals surface area (Å²) in [6.45, 7) is 1.57. The predicted octanol–water partition coefficient (Wildman–Crippen LogP) is 2.47. The molecule has 0 heterocycles. The molecule has 1 aliphatic rings. The van der Waals surface area contributed by atoms with Crippen molar-refractivity contribution in [3.05, 3.63) is 52.5 Å². The lowest BCUT2D eigenvalue weighted by Gasteiger charge is -2.12. The van der Waals surface area contributed by atoms with E-state index >= 15 is 0 Å². The second-order valence-electron chi connectivity index (χ2n) is 6.98. The SMILES string of the molecule is COc1ccc(C(=O)NCC(=O)Nc2ccc(C)cc2Cl)cc1S(=O)(=O)NC1CC1. The standard InChI is InChI=1S/C20H22ClN3O5S/c1-12-3-7-16(15(21)9-12)23-19(25)11-22-20(26)13-4-8-17(29-2)18(10-13)30(27,28)24-14-5-6-14/h3-4,7-10,14,24H,5-6,11H2,1-2H3,(H,22,26)(H,23,25). The van der Waals surface area contributed by atoms with E-state index in [9.17, 15) is 18.0 Å². The Morgan fingerprint density at radius 2 is 1.90 bits per heavy atom. The zero-order chi connectivity index (χ0) is 21.9. The number of carbonyl (C=O) groups excluding carboxylic acids is 2. The van der Waals surface area contributed by atoms with Crippen molar-refractivity contribution in [2.75, 3.05) is 19.0 Å². The number of methoxy groups -OCH3 is 1. The molecule has 0 atom stereocenters. The molecule has 30 heavy (non-hydrogen) atoms. The summed E-state index contributed by atoms with van der Waals surface area (Å²) in [7, 11) is -2.47. The van der Waals surface area contributed by atoms with E-state index in [0.29, 0.717) is 10.7 Å². The number of anilines is 1. The third-order valence-corrected chi connectivity index (χ3v) is 6.28. The molecule has 0 saturated heterocycles. The van der Waals surface area contributed by atoms with Gasteiger partial charge in [0.1, 0.15) is 10.6 Å². The number of nitrogens with one attached hydrogen (secondary N) is 3. The molecule has 0 spiro atoms. The molecule has 160 valence electrons. The summed E-state index contributed by atoms with van der Waals surface area (Å²) in [6, 6.07) is 9.16. The molecular weight excluding hydrogens is 430 g/mol. The van der Waals surface area contributed by atoms with Gasteiger partial charge in [0.2, 0.25) is 15.9 Å². The van der Waals surface area contributed by atoms with Gasteiger partial charge in [-0.1, -0.05) is 17.7 Å². The highest BCUT2D eigenvalue weighted by Gasteiger charge is 2.30. The van der Waals surface area contributed by atoms with Crippen LogP contribution in [0.25, 0.3) is 0 Å². The van der Waals surface area contributed by atoms with E-state index in [1.807, 2.05) is 6.92 Å².